The van der Waals surface area contributed by atoms with E-state index in [4.69, 9.17) is 32.7 Å². The maximum atomic E-state index is 14.2. The van der Waals surface area contributed by atoms with Crippen LogP contribution in [0.25, 0.3) is 0 Å². The van der Waals surface area contributed by atoms with Gasteiger partial charge in [-0.2, -0.15) is 10.2 Å². The maximum Gasteiger partial charge on any atom is 0.351 e. The fraction of sp³-hybridized carbons (Fsp3) is 0.349. The minimum atomic E-state index is -1.69. The van der Waals surface area contributed by atoms with Crippen LogP contribution in [0.3, 0.4) is 0 Å². The molecule has 4 atom stereocenters. The first kappa shape index (κ1) is 57.3. The van der Waals surface area contributed by atoms with Gasteiger partial charge in [0.25, 0.3) is 8.53 Å². The van der Waals surface area contributed by atoms with E-state index in [9.17, 15) is 10.1 Å². The molecule has 0 amide bonds. The van der Waals surface area contributed by atoms with Gasteiger partial charge in [-0.05, 0) is 123 Å². The number of anilines is 1. The number of nitriles is 1. The molecule has 1 aliphatic heterocycles. The lowest BCUT2D eigenvalue weighted by Crippen LogP contribution is -2.45. The van der Waals surface area contributed by atoms with Crippen LogP contribution in [0.5, 0.6) is 17.2 Å². The van der Waals surface area contributed by atoms with Gasteiger partial charge in [-0.1, -0.05) is 127 Å². The number of hydrogen-bond donors (Lipinski definition) is 2. The minimum absolute atomic E-state index is 0.0490. The van der Waals surface area contributed by atoms with Crippen LogP contribution in [0.2, 0.25) is 0 Å². The second kappa shape index (κ2) is 27.6. The summed E-state index contributed by atoms with van der Waals surface area (Å²) in [4.78, 5) is 18.7. The van der Waals surface area contributed by atoms with Gasteiger partial charge in [0.15, 0.2) is 0 Å². The SMILES string of the molecule is COc1ccc(C(NCCCCNc2ccn([C@H]3C[C@H](OP(OCCC#N)N(C(C)C)C(C)C)[C@@H](COC(c4ccccc4)(c4ccc(OC)cc4)c4ccc(OC)cc4)O3)c(=O)n2)(c2ccccc2)c2ccccc2)cc1. The summed E-state index contributed by atoms with van der Waals surface area (Å²) in [5.74, 6) is 2.69. The van der Waals surface area contributed by atoms with Crippen molar-refractivity contribution >= 4 is 14.3 Å². The van der Waals surface area contributed by atoms with Crippen LogP contribution in [0, 0.1) is 11.3 Å². The van der Waals surface area contributed by atoms with E-state index >= 15 is 0 Å². The Morgan fingerprint density at radius 2 is 1.15 bits per heavy atom. The Morgan fingerprint density at radius 1 is 0.679 bits per heavy atom. The maximum absolute atomic E-state index is 14.2. The smallest absolute Gasteiger partial charge is 0.351 e. The molecule has 7 aromatic rings. The Hall–Kier alpha value is -6.92. The quantitative estimate of drug-likeness (QED) is 0.0272. The van der Waals surface area contributed by atoms with E-state index < -0.39 is 43.8 Å². The number of methoxy groups -OCH3 is 3. The predicted molar refractivity (Wildman–Crippen MR) is 307 cm³/mol. The molecular formula is C63H73N6O8P. The Balaban J connectivity index is 1.03. The average Bonchev–Trinajstić information content (AvgIpc) is 4.02. The third-order valence-corrected chi connectivity index (χ3v) is 16.2. The number of hydrogen-bond acceptors (Lipinski definition) is 13. The first-order valence-corrected chi connectivity index (χ1v) is 27.9. The molecule has 1 saturated heterocycles. The van der Waals surface area contributed by atoms with Gasteiger partial charge in [0.05, 0.1) is 58.7 Å². The highest BCUT2D eigenvalue weighted by Crippen LogP contribution is 2.51. The normalized spacial score (nSPS) is 16.0. The van der Waals surface area contributed by atoms with E-state index in [2.05, 4.69) is 127 Å². The van der Waals surface area contributed by atoms with Crippen molar-refractivity contribution in [3.63, 3.8) is 0 Å². The molecule has 6 aromatic carbocycles. The van der Waals surface area contributed by atoms with Crippen LogP contribution in [-0.2, 0) is 29.7 Å². The van der Waals surface area contributed by atoms with Crippen molar-refractivity contribution in [1.29, 1.82) is 5.26 Å². The summed E-state index contributed by atoms with van der Waals surface area (Å²) in [7, 11) is 3.27. The zero-order valence-electron chi connectivity index (χ0n) is 45.8. The molecule has 78 heavy (non-hydrogen) atoms. The number of benzene rings is 6. The molecule has 1 aromatic heterocycles. The first-order valence-electron chi connectivity index (χ1n) is 26.8. The summed E-state index contributed by atoms with van der Waals surface area (Å²) in [6.45, 7) is 9.96. The molecule has 1 aliphatic rings. The van der Waals surface area contributed by atoms with E-state index in [0.29, 0.717) is 36.8 Å². The number of rotatable bonds is 28. The predicted octanol–water partition coefficient (Wildman–Crippen LogP) is 12.0. The number of ether oxygens (including phenoxy) is 5. The van der Waals surface area contributed by atoms with Gasteiger partial charge in [-0.15, -0.1) is 0 Å². The van der Waals surface area contributed by atoms with Crippen LogP contribution in [0.15, 0.2) is 181 Å². The molecule has 0 radical (unpaired) electrons. The second-order valence-corrected chi connectivity index (χ2v) is 21.1. The Labute approximate surface area is 461 Å². The zero-order valence-corrected chi connectivity index (χ0v) is 46.7. The highest BCUT2D eigenvalue weighted by atomic mass is 31.2. The van der Waals surface area contributed by atoms with E-state index in [1.807, 2.05) is 97.1 Å². The van der Waals surface area contributed by atoms with Gasteiger partial charge in [0, 0.05) is 31.2 Å². The van der Waals surface area contributed by atoms with E-state index in [1.54, 1.807) is 27.5 Å². The minimum Gasteiger partial charge on any atom is -0.497 e. The molecule has 1 unspecified atom stereocenters. The van der Waals surface area contributed by atoms with Crippen molar-refractivity contribution < 1.29 is 32.7 Å². The lowest BCUT2D eigenvalue weighted by molar-refractivity contribution is -0.0925. The second-order valence-electron chi connectivity index (χ2n) is 19.6. The molecule has 1 fully saturated rings. The monoisotopic (exact) mass is 1070 g/mol. The van der Waals surface area contributed by atoms with Crippen molar-refractivity contribution in [2.45, 2.75) is 95.0 Å². The summed E-state index contributed by atoms with van der Waals surface area (Å²) in [6.07, 6.45) is 1.85. The topological polar surface area (TPSA) is 151 Å². The molecule has 0 spiro atoms. The molecule has 2 heterocycles. The van der Waals surface area contributed by atoms with Crippen molar-refractivity contribution in [2.75, 3.05) is 52.9 Å². The lowest BCUT2D eigenvalue weighted by atomic mass is 9.77. The Bertz CT molecular complexity index is 2920. The van der Waals surface area contributed by atoms with Crippen LogP contribution in [-0.4, -0.2) is 86.1 Å². The molecule has 14 nitrogen and oxygen atoms in total. The molecule has 2 N–H and O–H groups in total. The van der Waals surface area contributed by atoms with Gasteiger partial charge in [0.2, 0.25) is 0 Å². The van der Waals surface area contributed by atoms with E-state index in [0.717, 1.165) is 52.0 Å². The average molecular weight is 1070 g/mol. The van der Waals surface area contributed by atoms with Crippen LogP contribution in [0.1, 0.15) is 93.0 Å². The van der Waals surface area contributed by atoms with Gasteiger partial charge < -0.3 is 38.0 Å². The third-order valence-electron chi connectivity index (χ3n) is 14.1. The van der Waals surface area contributed by atoms with Gasteiger partial charge in [-0.25, -0.2) is 9.46 Å². The van der Waals surface area contributed by atoms with Crippen LogP contribution in [0.4, 0.5) is 5.82 Å². The number of unbranched alkanes of at least 4 members (excludes halogenated alkanes) is 1. The molecular weight excluding hydrogens is 1000 g/mol. The number of aromatic nitrogens is 2. The fourth-order valence-corrected chi connectivity index (χ4v) is 12.1. The van der Waals surface area contributed by atoms with Crippen molar-refractivity contribution in [3.05, 3.63) is 220 Å². The lowest BCUT2D eigenvalue weighted by Gasteiger charge is -2.39. The van der Waals surface area contributed by atoms with E-state index in [-0.39, 0.29) is 31.7 Å². The van der Waals surface area contributed by atoms with Gasteiger partial charge in [-0.3, -0.25) is 9.88 Å². The molecule has 0 bridgehead atoms. The summed E-state index contributed by atoms with van der Waals surface area (Å²) in [5.41, 5.74) is 3.76. The molecule has 408 valence electrons. The highest BCUT2D eigenvalue weighted by molar-refractivity contribution is 7.44. The van der Waals surface area contributed by atoms with Crippen molar-refractivity contribution in [3.8, 4) is 23.3 Å². The Morgan fingerprint density at radius 3 is 1.64 bits per heavy atom. The summed E-state index contributed by atoms with van der Waals surface area (Å²) in [6, 6.07) is 59.3. The fourth-order valence-electron chi connectivity index (χ4n) is 10.3. The number of nitrogens with one attached hydrogen (secondary N) is 2. The van der Waals surface area contributed by atoms with Crippen LogP contribution < -0.4 is 30.5 Å². The summed E-state index contributed by atoms with van der Waals surface area (Å²) >= 11 is 0. The Kier molecular flexibility index (Phi) is 20.3. The van der Waals surface area contributed by atoms with Crippen LogP contribution >= 0.6 is 8.53 Å². The summed E-state index contributed by atoms with van der Waals surface area (Å²) < 4.78 is 48.2. The van der Waals surface area contributed by atoms with E-state index in [1.165, 1.54) is 4.57 Å². The molecule has 0 saturated carbocycles. The zero-order chi connectivity index (χ0) is 54.9. The van der Waals surface area contributed by atoms with Gasteiger partial charge in [0.1, 0.15) is 41.0 Å². The highest BCUT2D eigenvalue weighted by Gasteiger charge is 2.45. The van der Waals surface area contributed by atoms with Crippen molar-refractivity contribution in [1.82, 2.24) is 19.5 Å². The first-order chi connectivity index (χ1) is 38.0. The molecule has 0 aliphatic carbocycles. The third kappa shape index (κ3) is 13.3. The molecule has 8 rings (SSSR count). The largest absolute Gasteiger partial charge is 0.497 e. The standard InChI is InChI=1S/C63H73N6O8P/c1-46(2)69(47(3)4)78(75-43-19-39-64)77-57-44-60(76-58(57)45-74-63(51-24-15-10-16-25-51,52-28-34-55(72-6)35-29-52)53-30-36-56(73-7)37-31-53)68-42-38-59(67-61(68)70)65-40-17-18-41-66-62(48-20-11-8-12-21-48,49-22-13-9-14-23-49)50-26-32-54(71-5)33-27-50/h8-16,20-38,42,46-47,57-58,60,66H,17-19,40-41,43-45H2,1-7H3,(H,65,67,70)/t57-,58+,60+,78?/m0/s1. The van der Waals surface area contributed by atoms with Gasteiger partial charge >= 0.3 is 5.69 Å². The number of nitrogens with zero attached hydrogens (tertiary/aromatic N) is 4. The molecule has 15 heteroatoms. The van der Waals surface area contributed by atoms with Crippen molar-refractivity contribution in [2.24, 2.45) is 0 Å². The summed E-state index contributed by atoms with van der Waals surface area (Å²) in [5, 5.41) is 16.9.